The lowest BCUT2D eigenvalue weighted by Gasteiger charge is -2.23. The van der Waals surface area contributed by atoms with E-state index in [-0.39, 0.29) is 5.41 Å². The van der Waals surface area contributed by atoms with Crippen LogP contribution in [0.5, 0.6) is 5.75 Å². The van der Waals surface area contributed by atoms with Crippen molar-refractivity contribution in [2.24, 2.45) is 0 Å². The summed E-state index contributed by atoms with van der Waals surface area (Å²) in [5.74, 6) is 1.03. The molecule has 2 rings (SSSR count). The SMILES string of the molecule is CC(C)(C)c1ccccc1OCCNC1CCCC1. The molecule has 1 fully saturated rings. The number of para-hydroxylation sites is 1. The van der Waals surface area contributed by atoms with Crippen LogP contribution in [0.4, 0.5) is 0 Å². The average molecular weight is 261 g/mol. The van der Waals surface area contributed by atoms with E-state index in [0.29, 0.717) is 0 Å². The van der Waals surface area contributed by atoms with Crippen molar-refractivity contribution in [1.29, 1.82) is 0 Å². The van der Waals surface area contributed by atoms with Gasteiger partial charge in [-0.2, -0.15) is 0 Å². The second-order valence-corrected chi connectivity index (χ2v) is 6.53. The first kappa shape index (κ1) is 14.4. The van der Waals surface area contributed by atoms with Crippen molar-refractivity contribution in [1.82, 2.24) is 5.32 Å². The second-order valence-electron chi connectivity index (χ2n) is 6.53. The van der Waals surface area contributed by atoms with Gasteiger partial charge in [0, 0.05) is 12.6 Å². The van der Waals surface area contributed by atoms with E-state index in [4.69, 9.17) is 4.74 Å². The van der Waals surface area contributed by atoms with Crippen molar-refractivity contribution >= 4 is 0 Å². The van der Waals surface area contributed by atoms with Crippen LogP contribution < -0.4 is 10.1 Å². The first-order valence-corrected chi connectivity index (χ1v) is 7.53. The van der Waals surface area contributed by atoms with Gasteiger partial charge in [0.05, 0.1) is 0 Å². The van der Waals surface area contributed by atoms with E-state index < -0.39 is 0 Å². The lowest BCUT2D eigenvalue weighted by molar-refractivity contribution is 0.298. The molecule has 0 heterocycles. The number of benzene rings is 1. The molecule has 1 aliphatic carbocycles. The number of rotatable bonds is 5. The van der Waals surface area contributed by atoms with Crippen molar-refractivity contribution in [2.75, 3.05) is 13.2 Å². The van der Waals surface area contributed by atoms with E-state index in [1.165, 1.54) is 31.2 Å². The van der Waals surface area contributed by atoms with Crippen LogP contribution in [0, 0.1) is 0 Å². The number of hydrogen-bond acceptors (Lipinski definition) is 2. The van der Waals surface area contributed by atoms with Gasteiger partial charge in [0.15, 0.2) is 0 Å². The van der Waals surface area contributed by atoms with Crippen LogP contribution in [0.3, 0.4) is 0 Å². The Morgan fingerprint density at radius 2 is 1.84 bits per heavy atom. The summed E-state index contributed by atoms with van der Waals surface area (Å²) in [6.45, 7) is 8.39. The molecule has 0 bridgehead atoms. The number of nitrogens with one attached hydrogen (secondary N) is 1. The van der Waals surface area contributed by atoms with Crippen molar-refractivity contribution in [3.63, 3.8) is 0 Å². The summed E-state index contributed by atoms with van der Waals surface area (Å²) in [7, 11) is 0. The Labute approximate surface area is 117 Å². The molecule has 0 atom stereocenters. The average Bonchev–Trinajstić information content (AvgIpc) is 2.87. The molecule has 0 spiro atoms. The van der Waals surface area contributed by atoms with Crippen LogP contribution in [-0.4, -0.2) is 19.2 Å². The van der Waals surface area contributed by atoms with Crippen LogP contribution in [0.2, 0.25) is 0 Å². The van der Waals surface area contributed by atoms with Gasteiger partial charge >= 0.3 is 0 Å². The summed E-state index contributed by atoms with van der Waals surface area (Å²) in [4.78, 5) is 0. The minimum Gasteiger partial charge on any atom is -0.492 e. The highest BCUT2D eigenvalue weighted by Crippen LogP contribution is 2.30. The maximum atomic E-state index is 5.96. The number of hydrogen-bond donors (Lipinski definition) is 1. The summed E-state index contributed by atoms with van der Waals surface area (Å²) in [5.41, 5.74) is 1.42. The minimum absolute atomic E-state index is 0.134. The zero-order valence-electron chi connectivity index (χ0n) is 12.5. The van der Waals surface area contributed by atoms with Crippen molar-refractivity contribution in [3.05, 3.63) is 29.8 Å². The van der Waals surface area contributed by atoms with E-state index in [1.54, 1.807) is 0 Å². The molecule has 0 aliphatic heterocycles. The Kier molecular flexibility index (Phi) is 4.87. The molecule has 19 heavy (non-hydrogen) atoms. The highest BCUT2D eigenvalue weighted by atomic mass is 16.5. The summed E-state index contributed by atoms with van der Waals surface area (Å²) in [5, 5.41) is 3.59. The van der Waals surface area contributed by atoms with Gasteiger partial charge in [0.1, 0.15) is 12.4 Å². The van der Waals surface area contributed by atoms with Gasteiger partial charge in [-0.3, -0.25) is 0 Å². The highest BCUT2D eigenvalue weighted by molar-refractivity contribution is 5.38. The molecule has 106 valence electrons. The third-order valence-corrected chi connectivity index (χ3v) is 3.84. The maximum absolute atomic E-state index is 5.96. The molecule has 0 aromatic heterocycles. The zero-order chi connectivity index (χ0) is 13.7. The highest BCUT2D eigenvalue weighted by Gasteiger charge is 2.18. The van der Waals surface area contributed by atoms with Gasteiger partial charge in [-0.15, -0.1) is 0 Å². The third-order valence-electron chi connectivity index (χ3n) is 3.84. The van der Waals surface area contributed by atoms with E-state index in [9.17, 15) is 0 Å². The minimum atomic E-state index is 0.134. The van der Waals surface area contributed by atoms with Crippen molar-refractivity contribution < 1.29 is 4.74 Å². The molecule has 1 N–H and O–H groups in total. The fraction of sp³-hybridized carbons (Fsp3) is 0.647. The van der Waals surface area contributed by atoms with Crippen LogP contribution in [0.15, 0.2) is 24.3 Å². The van der Waals surface area contributed by atoms with Gasteiger partial charge in [-0.25, -0.2) is 0 Å². The smallest absolute Gasteiger partial charge is 0.123 e. The van der Waals surface area contributed by atoms with Crippen LogP contribution >= 0.6 is 0 Å². The zero-order valence-corrected chi connectivity index (χ0v) is 12.5. The van der Waals surface area contributed by atoms with E-state index in [0.717, 1.165) is 24.9 Å². The van der Waals surface area contributed by atoms with Gasteiger partial charge in [-0.05, 0) is 29.9 Å². The Balaban J connectivity index is 1.82. The molecular weight excluding hydrogens is 234 g/mol. The van der Waals surface area contributed by atoms with Crippen molar-refractivity contribution in [2.45, 2.75) is 57.9 Å². The van der Waals surface area contributed by atoms with E-state index in [2.05, 4.69) is 50.4 Å². The lowest BCUT2D eigenvalue weighted by Crippen LogP contribution is -2.30. The Morgan fingerprint density at radius 1 is 1.16 bits per heavy atom. The molecule has 1 aromatic carbocycles. The lowest BCUT2D eigenvalue weighted by atomic mass is 9.86. The second kappa shape index (κ2) is 6.42. The van der Waals surface area contributed by atoms with Gasteiger partial charge in [0.25, 0.3) is 0 Å². The Morgan fingerprint density at radius 3 is 2.53 bits per heavy atom. The van der Waals surface area contributed by atoms with Gasteiger partial charge in [-0.1, -0.05) is 51.8 Å². The first-order chi connectivity index (χ1) is 9.07. The normalized spacial score (nSPS) is 16.8. The predicted molar refractivity (Wildman–Crippen MR) is 80.9 cm³/mol. The third kappa shape index (κ3) is 4.24. The molecule has 2 nitrogen and oxygen atoms in total. The molecular formula is C17H27NO. The van der Waals surface area contributed by atoms with Gasteiger partial charge in [0.2, 0.25) is 0 Å². The summed E-state index contributed by atoms with van der Waals surface area (Å²) in [6, 6.07) is 9.11. The maximum Gasteiger partial charge on any atom is 0.123 e. The quantitative estimate of drug-likeness (QED) is 0.812. The molecule has 0 saturated heterocycles. The summed E-state index contributed by atoms with van der Waals surface area (Å²) < 4.78 is 5.96. The first-order valence-electron chi connectivity index (χ1n) is 7.53. The van der Waals surface area contributed by atoms with E-state index in [1.807, 2.05) is 0 Å². The number of ether oxygens (including phenoxy) is 1. The fourth-order valence-corrected chi connectivity index (χ4v) is 2.77. The summed E-state index contributed by atoms with van der Waals surface area (Å²) >= 11 is 0. The topological polar surface area (TPSA) is 21.3 Å². The molecule has 1 aromatic rings. The van der Waals surface area contributed by atoms with Crippen LogP contribution in [0.1, 0.15) is 52.0 Å². The summed E-state index contributed by atoms with van der Waals surface area (Å²) in [6.07, 6.45) is 5.42. The van der Waals surface area contributed by atoms with Crippen LogP contribution in [0.25, 0.3) is 0 Å². The largest absolute Gasteiger partial charge is 0.492 e. The standard InChI is InChI=1S/C17H27NO/c1-17(2,3)15-10-6-7-11-16(15)19-13-12-18-14-8-4-5-9-14/h6-7,10-11,14,18H,4-5,8-9,12-13H2,1-3H3. The Bertz CT molecular complexity index is 388. The predicted octanol–water partition coefficient (Wildman–Crippen LogP) is 3.90. The van der Waals surface area contributed by atoms with E-state index >= 15 is 0 Å². The Hall–Kier alpha value is -1.02. The monoisotopic (exact) mass is 261 g/mol. The molecule has 1 aliphatic rings. The van der Waals surface area contributed by atoms with Crippen molar-refractivity contribution in [3.8, 4) is 5.75 Å². The molecule has 1 saturated carbocycles. The molecule has 2 heteroatoms. The van der Waals surface area contributed by atoms with Crippen LogP contribution in [-0.2, 0) is 5.41 Å². The van der Waals surface area contributed by atoms with Gasteiger partial charge < -0.3 is 10.1 Å². The molecule has 0 unspecified atom stereocenters. The molecule has 0 amide bonds. The molecule has 0 radical (unpaired) electrons. The fourth-order valence-electron chi connectivity index (χ4n) is 2.77.